The van der Waals surface area contributed by atoms with Crippen molar-refractivity contribution >= 4 is 24.8 Å². The molecule has 0 saturated carbocycles. The molecule has 2 rings (SSSR count). The van der Waals surface area contributed by atoms with E-state index in [0.29, 0.717) is 0 Å². The average Bonchev–Trinajstić information content (AvgIpc) is 2.25. The molecule has 76 valence electrons. The topological polar surface area (TPSA) is 29.9 Å². The summed E-state index contributed by atoms with van der Waals surface area (Å²) in [7, 11) is 0. The summed E-state index contributed by atoms with van der Waals surface area (Å²) < 4.78 is 2.29. The van der Waals surface area contributed by atoms with E-state index in [2.05, 4.69) is 21.8 Å². The van der Waals surface area contributed by atoms with Gasteiger partial charge in [0.25, 0.3) is 0 Å². The zero-order chi connectivity index (χ0) is 7.68. The van der Waals surface area contributed by atoms with Crippen LogP contribution in [0, 0.1) is 6.92 Å². The lowest BCUT2D eigenvalue weighted by molar-refractivity contribution is 0.635. The quantitative estimate of drug-likeness (QED) is 0.724. The Kier molecular flexibility index (Phi) is 5.37. The van der Waals surface area contributed by atoms with Gasteiger partial charge in [0.05, 0.1) is 6.54 Å². The predicted octanol–water partition coefficient (Wildman–Crippen LogP) is 1.53. The minimum Gasteiger partial charge on any atom is -0.331 e. The second kappa shape index (κ2) is 5.47. The van der Waals surface area contributed by atoms with Crippen LogP contribution in [0.25, 0.3) is 0 Å². The van der Waals surface area contributed by atoms with E-state index < -0.39 is 0 Å². The van der Waals surface area contributed by atoms with Gasteiger partial charge in [0, 0.05) is 18.4 Å². The van der Waals surface area contributed by atoms with Gasteiger partial charge in [0.2, 0.25) is 0 Å². The number of rotatable bonds is 0. The highest BCUT2D eigenvalue weighted by atomic mass is 35.5. The van der Waals surface area contributed by atoms with Crippen molar-refractivity contribution in [1.29, 1.82) is 0 Å². The van der Waals surface area contributed by atoms with Crippen LogP contribution in [-0.4, -0.2) is 16.1 Å². The van der Waals surface area contributed by atoms with Crippen molar-refractivity contribution in [1.82, 2.24) is 14.9 Å². The van der Waals surface area contributed by atoms with Crippen molar-refractivity contribution < 1.29 is 0 Å². The maximum Gasteiger partial charge on any atom is 0.122 e. The molecular formula is C8H15Cl2N3. The Hall–Kier alpha value is -0.250. The van der Waals surface area contributed by atoms with Crippen molar-refractivity contribution in [3.8, 4) is 0 Å². The first-order chi connectivity index (χ1) is 5.38. The fraction of sp³-hybridized carbons (Fsp3) is 0.625. The third-order valence-corrected chi connectivity index (χ3v) is 2.16. The van der Waals surface area contributed by atoms with E-state index in [1.807, 2.05) is 6.20 Å². The molecule has 0 saturated heterocycles. The van der Waals surface area contributed by atoms with E-state index in [1.54, 1.807) is 0 Å². The number of nitrogens with zero attached hydrogens (tertiary/aromatic N) is 2. The summed E-state index contributed by atoms with van der Waals surface area (Å²) in [4.78, 5) is 4.32. The zero-order valence-corrected chi connectivity index (χ0v) is 9.25. The average molecular weight is 224 g/mol. The molecule has 3 nitrogen and oxygen atoms in total. The molecule has 0 spiro atoms. The van der Waals surface area contributed by atoms with Crippen LogP contribution in [0.4, 0.5) is 0 Å². The monoisotopic (exact) mass is 223 g/mol. The van der Waals surface area contributed by atoms with Gasteiger partial charge in [-0.2, -0.15) is 0 Å². The molecule has 5 heteroatoms. The lowest BCUT2D eigenvalue weighted by Crippen LogP contribution is -2.12. The Bertz CT molecular complexity index is 260. The van der Waals surface area contributed by atoms with Gasteiger partial charge in [-0.1, -0.05) is 0 Å². The van der Waals surface area contributed by atoms with Crippen molar-refractivity contribution in [2.75, 3.05) is 6.54 Å². The lowest BCUT2D eigenvalue weighted by Gasteiger charge is -2.03. The molecule has 1 N–H and O–H groups in total. The number of halogens is 2. The third-order valence-electron chi connectivity index (χ3n) is 2.16. The molecule has 2 heterocycles. The number of hydrogen-bond acceptors (Lipinski definition) is 2. The van der Waals surface area contributed by atoms with Crippen molar-refractivity contribution in [2.24, 2.45) is 0 Å². The zero-order valence-electron chi connectivity index (χ0n) is 7.62. The molecule has 1 aliphatic heterocycles. The number of aryl methyl sites for hydroxylation is 1. The van der Waals surface area contributed by atoms with Gasteiger partial charge in [-0.3, -0.25) is 0 Å². The van der Waals surface area contributed by atoms with Crippen LogP contribution >= 0.6 is 24.8 Å². The van der Waals surface area contributed by atoms with Gasteiger partial charge < -0.3 is 9.88 Å². The number of hydrogen-bond donors (Lipinski definition) is 1. The second-order valence-electron chi connectivity index (χ2n) is 3.00. The summed E-state index contributed by atoms with van der Waals surface area (Å²) in [5, 5.41) is 3.33. The summed E-state index contributed by atoms with van der Waals surface area (Å²) in [6.07, 6.45) is 3.16. The Balaban J connectivity index is 0.000000720. The number of aromatic nitrogens is 2. The van der Waals surface area contributed by atoms with Gasteiger partial charge in [0.15, 0.2) is 0 Å². The second-order valence-corrected chi connectivity index (χ2v) is 3.00. The van der Waals surface area contributed by atoms with E-state index in [4.69, 9.17) is 0 Å². The smallest absolute Gasteiger partial charge is 0.122 e. The predicted molar refractivity (Wildman–Crippen MR) is 57.8 cm³/mol. The summed E-state index contributed by atoms with van der Waals surface area (Å²) in [6.45, 7) is 5.27. The number of nitrogens with one attached hydrogen (secondary N) is 1. The molecule has 0 fully saturated rings. The molecule has 0 aliphatic carbocycles. The largest absolute Gasteiger partial charge is 0.331 e. The minimum atomic E-state index is 0. The molecule has 0 atom stereocenters. The van der Waals surface area contributed by atoms with Crippen LogP contribution in [0.15, 0.2) is 6.20 Å². The van der Waals surface area contributed by atoms with Crippen LogP contribution in [0.3, 0.4) is 0 Å². The summed E-state index contributed by atoms with van der Waals surface area (Å²) >= 11 is 0. The van der Waals surface area contributed by atoms with E-state index in [0.717, 1.165) is 19.6 Å². The standard InChI is InChI=1S/C8H13N3.2ClH/c1-7-5-10-8-6-9-3-2-4-11(7)8;;/h5,9H,2-4,6H2,1H3;2*1H. The van der Waals surface area contributed by atoms with Gasteiger partial charge in [-0.05, 0) is 19.9 Å². The number of fused-ring (bicyclic) bond motifs is 1. The van der Waals surface area contributed by atoms with Crippen LogP contribution in [-0.2, 0) is 13.1 Å². The SMILES string of the molecule is Cc1cnc2n1CCCNC2.Cl.Cl. The molecule has 1 aromatic heterocycles. The van der Waals surface area contributed by atoms with Gasteiger partial charge >= 0.3 is 0 Å². The number of imidazole rings is 1. The molecular weight excluding hydrogens is 209 g/mol. The van der Waals surface area contributed by atoms with Crippen LogP contribution in [0.2, 0.25) is 0 Å². The highest BCUT2D eigenvalue weighted by molar-refractivity contribution is 5.85. The van der Waals surface area contributed by atoms with Crippen molar-refractivity contribution in [2.45, 2.75) is 26.4 Å². The third kappa shape index (κ3) is 2.59. The molecule has 1 aromatic rings. The first-order valence-electron chi connectivity index (χ1n) is 4.09. The normalized spacial score (nSPS) is 14.8. The van der Waals surface area contributed by atoms with Crippen molar-refractivity contribution in [3.05, 3.63) is 17.7 Å². The fourth-order valence-electron chi connectivity index (χ4n) is 1.52. The first kappa shape index (κ1) is 12.8. The lowest BCUT2D eigenvalue weighted by atomic mass is 10.4. The van der Waals surface area contributed by atoms with Gasteiger partial charge in [0.1, 0.15) is 5.82 Å². The minimum absolute atomic E-state index is 0. The van der Waals surface area contributed by atoms with Crippen molar-refractivity contribution in [3.63, 3.8) is 0 Å². The molecule has 0 amide bonds. The van der Waals surface area contributed by atoms with E-state index in [1.165, 1.54) is 17.9 Å². The van der Waals surface area contributed by atoms with Gasteiger partial charge in [-0.15, -0.1) is 24.8 Å². The summed E-state index contributed by atoms with van der Waals surface area (Å²) in [6, 6.07) is 0. The summed E-state index contributed by atoms with van der Waals surface area (Å²) in [5.41, 5.74) is 1.28. The highest BCUT2D eigenvalue weighted by Crippen LogP contribution is 2.07. The molecule has 0 radical (unpaired) electrons. The van der Waals surface area contributed by atoms with E-state index >= 15 is 0 Å². The summed E-state index contributed by atoms with van der Waals surface area (Å²) in [5.74, 6) is 1.18. The van der Waals surface area contributed by atoms with Gasteiger partial charge in [-0.25, -0.2) is 4.98 Å². The van der Waals surface area contributed by atoms with Crippen LogP contribution < -0.4 is 5.32 Å². The first-order valence-corrected chi connectivity index (χ1v) is 4.09. The van der Waals surface area contributed by atoms with Crippen LogP contribution in [0.1, 0.15) is 17.9 Å². The maximum atomic E-state index is 4.32. The molecule has 1 aliphatic rings. The highest BCUT2D eigenvalue weighted by Gasteiger charge is 2.08. The van der Waals surface area contributed by atoms with E-state index in [9.17, 15) is 0 Å². The Morgan fingerprint density at radius 1 is 1.46 bits per heavy atom. The molecule has 0 bridgehead atoms. The molecule has 13 heavy (non-hydrogen) atoms. The van der Waals surface area contributed by atoms with Crippen LogP contribution in [0.5, 0.6) is 0 Å². The maximum absolute atomic E-state index is 4.32. The fourth-order valence-corrected chi connectivity index (χ4v) is 1.52. The Morgan fingerprint density at radius 2 is 2.23 bits per heavy atom. The molecule has 0 unspecified atom stereocenters. The van der Waals surface area contributed by atoms with E-state index in [-0.39, 0.29) is 24.8 Å². The Labute approximate surface area is 90.7 Å². The molecule has 0 aromatic carbocycles. The Morgan fingerprint density at radius 3 is 3.00 bits per heavy atom.